The van der Waals surface area contributed by atoms with E-state index in [-0.39, 0.29) is 23.7 Å². The predicted octanol–water partition coefficient (Wildman–Crippen LogP) is 3.75. The van der Waals surface area contributed by atoms with Gasteiger partial charge in [0.25, 0.3) is 11.8 Å². The molecule has 4 rings (SSSR count). The first-order valence-electron chi connectivity index (χ1n) is 10.7. The second-order valence-electron chi connectivity index (χ2n) is 7.89. The number of hydrogen-bond acceptors (Lipinski definition) is 6. The molecule has 8 nitrogen and oxygen atoms in total. The molecule has 1 aliphatic rings. The first kappa shape index (κ1) is 22.7. The Morgan fingerprint density at radius 3 is 2.47 bits per heavy atom. The smallest absolute Gasteiger partial charge is 0.278 e. The van der Waals surface area contributed by atoms with E-state index in [1.807, 2.05) is 25.1 Å². The van der Waals surface area contributed by atoms with Crippen LogP contribution in [0.3, 0.4) is 0 Å². The minimum atomic E-state index is -0.446. The molecule has 0 spiro atoms. The fourth-order valence-corrected chi connectivity index (χ4v) is 3.76. The van der Waals surface area contributed by atoms with Gasteiger partial charge in [0.15, 0.2) is 0 Å². The van der Waals surface area contributed by atoms with Gasteiger partial charge in [0.2, 0.25) is 5.91 Å². The van der Waals surface area contributed by atoms with E-state index < -0.39 is 11.8 Å². The summed E-state index contributed by atoms with van der Waals surface area (Å²) in [5.41, 5.74) is 3.82. The topological polar surface area (TPSA) is 101 Å². The van der Waals surface area contributed by atoms with E-state index in [2.05, 4.69) is 15.6 Å². The van der Waals surface area contributed by atoms with Crippen LogP contribution in [0.4, 0.5) is 11.4 Å². The van der Waals surface area contributed by atoms with Gasteiger partial charge in [0.05, 0.1) is 24.9 Å². The Hall–Kier alpha value is -4.46. The highest BCUT2D eigenvalue weighted by Crippen LogP contribution is 2.34. The summed E-state index contributed by atoms with van der Waals surface area (Å²) in [4.78, 5) is 43.6. The lowest BCUT2D eigenvalue weighted by Crippen LogP contribution is -2.32. The number of aryl methyl sites for hydroxylation is 1. The lowest BCUT2D eigenvalue weighted by atomic mass is 10.0. The normalized spacial score (nSPS) is 13.3. The molecule has 2 aromatic carbocycles. The van der Waals surface area contributed by atoms with Crippen LogP contribution >= 0.6 is 0 Å². The van der Waals surface area contributed by atoms with Crippen molar-refractivity contribution in [1.82, 2.24) is 9.88 Å². The number of carbonyl (C=O) groups excluding carboxylic acids is 3. The fraction of sp³-hybridized carbons (Fsp3) is 0.154. The van der Waals surface area contributed by atoms with E-state index in [9.17, 15) is 14.4 Å². The Morgan fingerprint density at radius 1 is 1.06 bits per heavy atom. The van der Waals surface area contributed by atoms with Crippen molar-refractivity contribution < 1.29 is 19.1 Å². The lowest BCUT2D eigenvalue weighted by Gasteiger charge is -2.16. The van der Waals surface area contributed by atoms with Gasteiger partial charge < -0.3 is 15.4 Å². The minimum Gasteiger partial charge on any atom is -0.495 e. The summed E-state index contributed by atoms with van der Waals surface area (Å²) in [6.07, 6.45) is 3.26. The highest BCUT2D eigenvalue weighted by atomic mass is 16.5. The van der Waals surface area contributed by atoms with Gasteiger partial charge >= 0.3 is 0 Å². The van der Waals surface area contributed by atoms with Crippen LogP contribution in [0.1, 0.15) is 23.6 Å². The highest BCUT2D eigenvalue weighted by molar-refractivity contribution is 6.36. The summed E-state index contributed by atoms with van der Waals surface area (Å²) in [5.74, 6) is -0.520. The van der Waals surface area contributed by atoms with Crippen molar-refractivity contribution in [2.45, 2.75) is 20.4 Å². The zero-order valence-corrected chi connectivity index (χ0v) is 19.1. The van der Waals surface area contributed by atoms with E-state index in [1.54, 1.807) is 55.9 Å². The number of methoxy groups -OCH3 is 1. The molecule has 0 unspecified atom stereocenters. The molecule has 1 aliphatic heterocycles. The number of benzene rings is 2. The van der Waals surface area contributed by atoms with Gasteiger partial charge in [-0.3, -0.25) is 24.3 Å². The van der Waals surface area contributed by atoms with Gasteiger partial charge in [-0.2, -0.15) is 0 Å². The monoisotopic (exact) mass is 456 g/mol. The Bertz CT molecular complexity index is 1280. The quantitative estimate of drug-likeness (QED) is 0.525. The van der Waals surface area contributed by atoms with Crippen molar-refractivity contribution in [3.8, 4) is 5.75 Å². The molecule has 172 valence electrons. The van der Waals surface area contributed by atoms with Crippen molar-refractivity contribution in [1.29, 1.82) is 0 Å². The first-order valence-corrected chi connectivity index (χ1v) is 10.7. The van der Waals surface area contributed by atoms with Crippen molar-refractivity contribution in [3.05, 3.63) is 89.4 Å². The Balaban J connectivity index is 1.76. The number of anilines is 2. The molecule has 0 bridgehead atoms. The van der Waals surface area contributed by atoms with Crippen LogP contribution < -0.4 is 15.4 Å². The average molecular weight is 457 g/mol. The van der Waals surface area contributed by atoms with E-state index in [4.69, 9.17) is 4.74 Å². The third-order valence-corrected chi connectivity index (χ3v) is 5.34. The highest BCUT2D eigenvalue weighted by Gasteiger charge is 2.39. The molecular formula is C26H24N4O4. The maximum absolute atomic E-state index is 13.5. The molecule has 8 heteroatoms. The number of imide groups is 1. The molecule has 3 amide bonds. The number of aromatic nitrogens is 1. The molecule has 0 atom stereocenters. The third kappa shape index (κ3) is 4.66. The molecule has 1 aromatic heterocycles. The second-order valence-corrected chi connectivity index (χ2v) is 7.89. The molecule has 34 heavy (non-hydrogen) atoms. The number of ether oxygens (including phenoxy) is 1. The maximum atomic E-state index is 13.5. The average Bonchev–Trinajstić information content (AvgIpc) is 3.04. The molecule has 0 saturated heterocycles. The van der Waals surface area contributed by atoms with Crippen molar-refractivity contribution >= 4 is 34.7 Å². The molecule has 3 aromatic rings. The standard InChI is InChI=1S/C26H24N4O4/c1-16-6-11-22(34-3)21(13-16)29-24-23(19-7-9-20(10-8-19)28-17(2)31)25(32)30(26(24)33)15-18-5-4-12-27-14-18/h4-14,29H,15H2,1-3H3,(H,28,31). The molecule has 2 heterocycles. The summed E-state index contributed by atoms with van der Waals surface area (Å²) >= 11 is 0. The van der Waals surface area contributed by atoms with E-state index in [0.717, 1.165) is 11.1 Å². The van der Waals surface area contributed by atoms with Crippen LogP contribution in [0.25, 0.3) is 5.57 Å². The molecule has 0 fully saturated rings. The van der Waals surface area contributed by atoms with Gasteiger partial charge in [-0.1, -0.05) is 24.3 Å². The van der Waals surface area contributed by atoms with Crippen LogP contribution in [-0.4, -0.2) is 34.7 Å². The Kier molecular flexibility index (Phi) is 6.40. The minimum absolute atomic E-state index is 0.0924. The number of amides is 3. The molecular weight excluding hydrogens is 432 g/mol. The van der Waals surface area contributed by atoms with E-state index >= 15 is 0 Å². The van der Waals surface area contributed by atoms with Gasteiger partial charge in [-0.05, 0) is 53.9 Å². The Morgan fingerprint density at radius 2 is 1.82 bits per heavy atom. The third-order valence-electron chi connectivity index (χ3n) is 5.34. The van der Waals surface area contributed by atoms with E-state index in [0.29, 0.717) is 22.7 Å². The second kappa shape index (κ2) is 9.58. The molecule has 0 radical (unpaired) electrons. The van der Waals surface area contributed by atoms with Crippen LogP contribution in [0, 0.1) is 6.92 Å². The zero-order valence-electron chi connectivity index (χ0n) is 19.1. The van der Waals surface area contributed by atoms with Crippen molar-refractivity contribution in [3.63, 3.8) is 0 Å². The zero-order chi connectivity index (χ0) is 24.2. The van der Waals surface area contributed by atoms with Crippen LogP contribution in [0.5, 0.6) is 5.75 Å². The lowest BCUT2D eigenvalue weighted by molar-refractivity contribution is -0.137. The van der Waals surface area contributed by atoms with E-state index in [1.165, 1.54) is 11.8 Å². The summed E-state index contributed by atoms with van der Waals surface area (Å²) in [6.45, 7) is 3.44. The van der Waals surface area contributed by atoms with Crippen LogP contribution in [0.2, 0.25) is 0 Å². The molecule has 0 saturated carbocycles. The fourth-order valence-electron chi connectivity index (χ4n) is 3.76. The number of pyridine rings is 1. The molecule has 0 aliphatic carbocycles. The van der Waals surface area contributed by atoms with Gasteiger partial charge in [-0.15, -0.1) is 0 Å². The first-order chi connectivity index (χ1) is 16.4. The number of nitrogens with one attached hydrogen (secondary N) is 2. The van der Waals surface area contributed by atoms with Crippen molar-refractivity contribution in [2.24, 2.45) is 0 Å². The number of nitrogens with zero attached hydrogens (tertiary/aromatic N) is 2. The summed E-state index contributed by atoms with van der Waals surface area (Å²) in [7, 11) is 1.54. The summed E-state index contributed by atoms with van der Waals surface area (Å²) in [5, 5.41) is 5.85. The predicted molar refractivity (Wildman–Crippen MR) is 129 cm³/mol. The number of rotatable bonds is 7. The summed E-state index contributed by atoms with van der Waals surface area (Å²) in [6, 6.07) is 15.9. The van der Waals surface area contributed by atoms with Crippen molar-refractivity contribution in [2.75, 3.05) is 17.7 Å². The number of hydrogen-bond donors (Lipinski definition) is 2. The van der Waals surface area contributed by atoms with Gasteiger partial charge in [0.1, 0.15) is 11.4 Å². The van der Waals surface area contributed by atoms with Crippen LogP contribution in [0.15, 0.2) is 72.7 Å². The Labute approximate surface area is 197 Å². The van der Waals surface area contributed by atoms with Gasteiger partial charge in [0, 0.05) is 25.0 Å². The van der Waals surface area contributed by atoms with Crippen LogP contribution in [-0.2, 0) is 20.9 Å². The number of carbonyl (C=O) groups is 3. The SMILES string of the molecule is COc1ccc(C)cc1NC1=C(c2ccc(NC(C)=O)cc2)C(=O)N(Cc2cccnc2)C1=O. The largest absolute Gasteiger partial charge is 0.495 e. The summed E-state index contributed by atoms with van der Waals surface area (Å²) < 4.78 is 5.45. The maximum Gasteiger partial charge on any atom is 0.278 e. The van der Waals surface area contributed by atoms with Gasteiger partial charge in [-0.25, -0.2) is 0 Å². The molecule has 2 N–H and O–H groups in total.